The van der Waals surface area contributed by atoms with Gasteiger partial charge in [-0.25, -0.2) is 4.79 Å². The van der Waals surface area contributed by atoms with Gasteiger partial charge in [0.05, 0.1) is 23.9 Å². The minimum absolute atomic E-state index is 0.00723. The maximum absolute atomic E-state index is 12.1. The highest BCUT2D eigenvalue weighted by atomic mass is 16.4. The van der Waals surface area contributed by atoms with Gasteiger partial charge < -0.3 is 5.11 Å². The van der Waals surface area contributed by atoms with Crippen molar-refractivity contribution < 1.29 is 19.5 Å². The molecule has 0 spiro atoms. The number of imide groups is 1. The van der Waals surface area contributed by atoms with Gasteiger partial charge >= 0.3 is 5.97 Å². The number of aromatic carboxylic acids is 1. The molecular formula is C12H15N3O4. The van der Waals surface area contributed by atoms with E-state index in [9.17, 15) is 14.4 Å². The predicted octanol–water partition coefficient (Wildman–Crippen LogP) is 0.403. The SMILES string of the molecule is Cn1ncc(C(=O)O)c1CN1C(=O)CC(C)(C)C1=O. The van der Waals surface area contributed by atoms with E-state index >= 15 is 0 Å². The molecule has 7 nitrogen and oxygen atoms in total. The number of aromatic nitrogens is 2. The number of hydrogen-bond acceptors (Lipinski definition) is 4. The molecule has 2 heterocycles. The van der Waals surface area contributed by atoms with Gasteiger partial charge in [0.25, 0.3) is 0 Å². The van der Waals surface area contributed by atoms with Crippen LogP contribution in [0.5, 0.6) is 0 Å². The fourth-order valence-corrected chi connectivity index (χ4v) is 2.17. The van der Waals surface area contributed by atoms with E-state index in [-0.39, 0.29) is 30.3 Å². The second-order valence-corrected chi connectivity index (χ2v) is 5.28. The number of amides is 2. The van der Waals surface area contributed by atoms with Gasteiger partial charge in [0, 0.05) is 13.5 Å². The number of carboxylic acid groups (broad SMARTS) is 1. The molecule has 0 aromatic carbocycles. The normalized spacial score (nSPS) is 18.2. The van der Waals surface area contributed by atoms with Gasteiger partial charge in [-0.3, -0.25) is 19.2 Å². The number of likely N-dealkylation sites (tertiary alicyclic amines) is 1. The summed E-state index contributed by atoms with van der Waals surface area (Å²) in [5, 5.41) is 12.9. The lowest BCUT2D eigenvalue weighted by Crippen LogP contribution is -2.33. The summed E-state index contributed by atoms with van der Waals surface area (Å²) in [4.78, 5) is 36.1. The summed E-state index contributed by atoms with van der Waals surface area (Å²) >= 11 is 0. The average Bonchev–Trinajstić information content (AvgIpc) is 2.73. The van der Waals surface area contributed by atoms with Crippen molar-refractivity contribution in [1.29, 1.82) is 0 Å². The van der Waals surface area contributed by atoms with Crippen molar-refractivity contribution in [3.8, 4) is 0 Å². The lowest BCUT2D eigenvalue weighted by atomic mass is 9.92. The molecule has 19 heavy (non-hydrogen) atoms. The van der Waals surface area contributed by atoms with Crippen molar-refractivity contribution >= 4 is 17.8 Å². The Hall–Kier alpha value is -2.18. The van der Waals surface area contributed by atoms with Crippen molar-refractivity contribution in [2.75, 3.05) is 0 Å². The minimum Gasteiger partial charge on any atom is -0.478 e. The number of carbonyl (C=O) groups excluding carboxylic acids is 2. The molecule has 7 heteroatoms. The Labute approximate surface area is 109 Å². The van der Waals surface area contributed by atoms with Crippen LogP contribution in [0.1, 0.15) is 36.3 Å². The minimum atomic E-state index is -1.12. The van der Waals surface area contributed by atoms with Crippen LogP contribution in [0.15, 0.2) is 6.20 Å². The Morgan fingerprint density at radius 3 is 2.58 bits per heavy atom. The summed E-state index contributed by atoms with van der Waals surface area (Å²) in [6, 6.07) is 0. The zero-order valence-electron chi connectivity index (χ0n) is 11.0. The van der Waals surface area contributed by atoms with E-state index in [1.807, 2.05) is 0 Å². The van der Waals surface area contributed by atoms with E-state index in [0.29, 0.717) is 5.69 Å². The van der Waals surface area contributed by atoms with E-state index in [1.54, 1.807) is 20.9 Å². The standard InChI is InChI=1S/C12H15N3O4/c1-12(2)4-9(16)15(11(12)19)6-8-7(10(17)18)5-13-14(8)3/h5H,4,6H2,1-3H3,(H,17,18). The lowest BCUT2D eigenvalue weighted by molar-refractivity contribution is -0.141. The van der Waals surface area contributed by atoms with Crippen LogP contribution in [0.4, 0.5) is 0 Å². The summed E-state index contributed by atoms with van der Waals surface area (Å²) in [6.45, 7) is 3.35. The van der Waals surface area contributed by atoms with Crippen molar-refractivity contribution in [3.05, 3.63) is 17.5 Å². The molecule has 0 unspecified atom stereocenters. The maximum Gasteiger partial charge on any atom is 0.339 e. The highest BCUT2D eigenvalue weighted by molar-refractivity contribution is 6.05. The summed E-state index contributed by atoms with van der Waals surface area (Å²) < 4.78 is 1.37. The third-order valence-corrected chi connectivity index (χ3v) is 3.32. The van der Waals surface area contributed by atoms with Crippen LogP contribution in [0.25, 0.3) is 0 Å². The van der Waals surface area contributed by atoms with Crippen molar-refractivity contribution in [3.63, 3.8) is 0 Å². The molecule has 0 radical (unpaired) electrons. The predicted molar refractivity (Wildman–Crippen MR) is 64.1 cm³/mol. The Kier molecular flexibility index (Phi) is 2.92. The van der Waals surface area contributed by atoms with E-state index in [1.165, 1.54) is 10.9 Å². The van der Waals surface area contributed by atoms with Crippen LogP contribution in [-0.2, 0) is 23.2 Å². The Morgan fingerprint density at radius 2 is 2.11 bits per heavy atom. The fraction of sp³-hybridized carbons (Fsp3) is 0.500. The number of hydrogen-bond donors (Lipinski definition) is 1. The van der Waals surface area contributed by atoms with Gasteiger partial charge in [-0.1, -0.05) is 13.8 Å². The first-order chi connectivity index (χ1) is 8.74. The molecule has 1 aliphatic rings. The van der Waals surface area contributed by atoms with Gasteiger partial charge in [-0.2, -0.15) is 5.10 Å². The molecule has 1 aromatic heterocycles. The number of carboxylic acids is 1. The highest BCUT2D eigenvalue weighted by Crippen LogP contribution is 2.32. The second-order valence-electron chi connectivity index (χ2n) is 5.28. The molecule has 1 aromatic rings. The molecule has 1 fully saturated rings. The van der Waals surface area contributed by atoms with Gasteiger partial charge in [0.2, 0.25) is 11.8 Å². The van der Waals surface area contributed by atoms with E-state index < -0.39 is 11.4 Å². The van der Waals surface area contributed by atoms with Crippen molar-refractivity contribution in [1.82, 2.24) is 14.7 Å². The molecule has 2 amide bonds. The molecular weight excluding hydrogens is 250 g/mol. The number of aryl methyl sites for hydroxylation is 1. The molecule has 2 rings (SSSR count). The van der Waals surface area contributed by atoms with Crippen LogP contribution < -0.4 is 0 Å². The number of carbonyl (C=O) groups is 3. The molecule has 0 atom stereocenters. The second kappa shape index (κ2) is 4.18. The van der Waals surface area contributed by atoms with E-state index in [0.717, 1.165) is 4.90 Å². The van der Waals surface area contributed by atoms with Crippen LogP contribution in [0.3, 0.4) is 0 Å². The Balaban J connectivity index is 2.32. The Bertz CT molecular complexity index is 574. The Morgan fingerprint density at radius 1 is 1.47 bits per heavy atom. The quantitative estimate of drug-likeness (QED) is 0.799. The van der Waals surface area contributed by atoms with E-state index in [4.69, 9.17) is 5.11 Å². The van der Waals surface area contributed by atoms with Crippen molar-refractivity contribution in [2.45, 2.75) is 26.8 Å². The molecule has 0 bridgehead atoms. The molecule has 1 N–H and O–H groups in total. The summed E-state index contributed by atoms with van der Waals surface area (Å²) in [5.74, 6) is -1.69. The van der Waals surface area contributed by atoms with Gasteiger partial charge in [-0.05, 0) is 0 Å². The smallest absolute Gasteiger partial charge is 0.339 e. The first-order valence-electron chi connectivity index (χ1n) is 5.83. The third kappa shape index (κ3) is 2.11. The summed E-state index contributed by atoms with van der Waals surface area (Å²) in [6.07, 6.45) is 1.36. The first-order valence-corrected chi connectivity index (χ1v) is 5.83. The summed E-state index contributed by atoms with van der Waals surface area (Å²) in [5.41, 5.74) is -0.376. The third-order valence-electron chi connectivity index (χ3n) is 3.32. The first kappa shape index (κ1) is 13.3. The zero-order chi connectivity index (χ0) is 14.4. The average molecular weight is 265 g/mol. The van der Waals surface area contributed by atoms with Gasteiger partial charge in [-0.15, -0.1) is 0 Å². The fourth-order valence-electron chi connectivity index (χ4n) is 2.17. The molecule has 1 aliphatic heterocycles. The van der Waals surface area contributed by atoms with Gasteiger partial charge in [0.15, 0.2) is 0 Å². The van der Waals surface area contributed by atoms with Crippen molar-refractivity contribution in [2.24, 2.45) is 12.5 Å². The van der Waals surface area contributed by atoms with Crippen LogP contribution in [0, 0.1) is 5.41 Å². The highest BCUT2D eigenvalue weighted by Gasteiger charge is 2.45. The maximum atomic E-state index is 12.1. The number of rotatable bonds is 3. The zero-order valence-corrected chi connectivity index (χ0v) is 11.0. The largest absolute Gasteiger partial charge is 0.478 e. The van der Waals surface area contributed by atoms with Crippen LogP contribution in [0.2, 0.25) is 0 Å². The molecule has 0 saturated carbocycles. The monoisotopic (exact) mass is 265 g/mol. The van der Waals surface area contributed by atoms with E-state index in [2.05, 4.69) is 5.10 Å². The van der Waals surface area contributed by atoms with Crippen LogP contribution in [-0.4, -0.2) is 37.6 Å². The van der Waals surface area contributed by atoms with Gasteiger partial charge in [0.1, 0.15) is 5.56 Å². The van der Waals surface area contributed by atoms with Crippen LogP contribution >= 0.6 is 0 Å². The topological polar surface area (TPSA) is 92.5 Å². The lowest BCUT2D eigenvalue weighted by Gasteiger charge is -2.18. The molecule has 0 aliphatic carbocycles. The summed E-state index contributed by atoms with van der Waals surface area (Å²) in [7, 11) is 1.58. The number of nitrogens with zero attached hydrogens (tertiary/aromatic N) is 3. The molecule has 1 saturated heterocycles. The molecule has 102 valence electrons.